The molecule has 148 valence electrons. The van der Waals surface area contributed by atoms with Gasteiger partial charge in [0.05, 0.1) is 5.69 Å². The maximum atomic E-state index is 12.9. The molecule has 0 amide bonds. The molecule has 1 unspecified atom stereocenters. The number of hydrogen-bond acceptors (Lipinski definition) is 4. The van der Waals surface area contributed by atoms with Crippen LogP contribution in [0.2, 0.25) is 5.15 Å². The van der Waals surface area contributed by atoms with Gasteiger partial charge in [-0.2, -0.15) is 5.10 Å². The lowest BCUT2D eigenvalue weighted by molar-refractivity contribution is 0.139. The van der Waals surface area contributed by atoms with Gasteiger partial charge in [0.1, 0.15) is 10.0 Å². The first-order valence-corrected chi connectivity index (χ1v) is 11.1. The van der Waals surface area contributed by atoms with Gasteiger partial charge in [-0.05, 0) is 44.3 Å². The molecule has 1 N–H and O–H groups in total. The zero-order valence-electron chi connectivity index (χ0n) is 16.0. The number of nitrogens with one attached hydrogen (secondary N) is 1. The Morgan fingerprint density at radius 2 is 1.89 bits per heavy atom. The van der Waals surface area contributed by atoms with Gasteiger partial charge < -0.3 is 0 Å². The fraction of sp³-hybridized carbons (Fsp3) is 0.526. The average molecular weight is 411 g/mol. The van der Waals surface area contributed by atoms with Crippen molar-refractivity contribution in [1.29, 1.82) is 0 Å². The molecular formula is C19H27ClN4O2S. The lowest BCUT2D eigenvalue weighted by Crippen LogP contribution is -2.42. The van der Waals surface area contributed by atoms with Gasteiger partial charge in [-0.15, -0.1) is 0 Å². The van der Waals surface area contributed by atoms with Gasteiger partial charge in [0, 0.05) is 19.6 Å². The molecule has 1 aliphatic rings. The van der Waals surface area contributed by atoms with E-state index in [4.69, 9.17) is 11.6 Å². The maximum absolute atomic E-state index is 12.9. The second-order valence-electron chi connectivity index (χ2n) is 7.33. The van der Waals surface area contributed by atoms with Crippen molar-refractivity contribution in [3.63, 3.8) is 0 Å². The summed E-state index contributed by atoms with van der Waals surface area (Å²) in [5, 5.41) is 4.24. The van der Waals surface area contributed by atoms with E-state index in [1.54, 1.807) is 14.0 Å². The van der Waals surface area contributed by atoms with Gasteiger partial charge in [0.2, 0.25) is 10.0 Å². The van der Waals surface area contributed by atoms with Crippen LogP contribution in [-0.4, -0.2) is 42.7 Å². The van der Waals surface area contributed by atoms with E-state index < -0.39 is 10.0 Å². The van der Waals surface area contributed by atoms with Crippen LogP contribution in [0.3, 0.4) is 0 Å². The largest absolute Gasteiger partial charge is 0.295 e. The van der Waals surface area contributed by atoms with E-state index in [1.165, 1.54) is 4.68 Å². The number of sulfonamides is 1. The van der Waals surface area contributed by atoms with Crippen molar-refractivity contribution >= 4 is 21.6 Å². The number of aromatic nitrogens is 2. The number of hydrogen-bond donors (Lipinski definition) is 1. The third-order valence-corrected chi connectivity index (χ3v) is 7.40. The molecular weight excluding hydrogens is 384 g/mol. The van der Waals surface area contributed by atoms with E-state index in [9.17, 15) is 8.42 Å². The first-order valence-electron chi connectivity index (χ1n) is 9.27. The van der Waals surface area contributed by atoms with Crippen molar-refractivity contribution in [1.82, 2.24) is 19.4 Å². The van der Waals surface area contributed by atoms with E-state index >= 15 is 0 Å². The highest BCUT2D eigenvalue weighted by Crippen LogP contribution is 2.28. The highest BCUT2D eigenvalue weighted by atomic mass is 35.5. The Labute approximate surface area is 166 Å². The minimum absolute atomic E-state index is 0.00997. The third kappa shape index (κ3) is 4.54. The van der Waals surface area contributed by atoms with Crippen molar-refractivity contribution in [3.05, 3.63) is 46.7 Å². The average Bonchev–Trinajstić information content (AvgIpc) is 2.90. The molecule has 1 fully saturated rings. The molecule has 1 aromatic carbocycles. The van der Waals surface area contributed by atoms with E-state index in [2.05, 4.69) is 33.8 Å². The number of aryl methyl sites for hydroxylation is 2. The standard InChI is InChI=1S/C19H27ClN4O2S/c1-14-9-11-24(12-10-14)17(16-7-5-4-6-8-16)13-21-27(25,26)18-15(2)22-23(3)19(18)20/h4-8,14,17,21H,9-13H2,1-3H3. The predicted octanol–water partition coefficient (Wildman–Crippen LogP) is 3.13. The van der Waals surface area contributed by atoms with Crippen molar-refractivity contribution in [2.24, 2.45) is 13.0 Å². The molecule has 1 saturated heterocycles. The molecule has 3 rings (SSSR count). The Kier molecular flexibility index (Phi) is 6.25. The molecule has 6 nitrogen and oxygen atoms in total. The SMILES string of the molecule is Cc1nn(C)c(Cl)c1S(=O)(=O)NCC(c1ccccc1)N1CCC(C)CC1. The van der Waals surface area contributed by atoms with E-state index in [0.29, 0.717) is 18.2 Å². The molecule has 0 saturated carbocycles. The van der Waals surface area contributed by atoms with Crippen LogP contribution in [0.25, 0.3) is 0 Å². The molecule has 0 bridgehead atoms. The number of piperidine rings is 1. The quantitative estimate of drug-likeness (QED) is 0.794. The molecule has 0 aliphatic carbocycles. The number of nitrogens with zero attached hydrogens (tertiary/aromatic N) is 3. The molecule has 0 spiro atoms. The van der Waals surface area contributed by atoms with Gasteiger partial charge in [-0.25, -0.2) is 13.1 Å². The van der Waals surface area contributed by atoms with Crippen LogP contribution >= 0.6 is 11.6 Å². The fourth-order valence-corrected chi connectivity index (χ4v) is 5.43. The highest BCUT2D eigenvalue weighted by Gasteiger charge is 2.29. The minimum atomic E-state index is -3.75. The van der Waals surface area contributed by atoms with Crippen LogP contribution in [-0.2, 0) is 17.1 Å². The van der Waals surface area contributed by atoms with Crippen LogP contribution in [0, 0.1) is 12.8 Å². The minimum Gasteiger partial charge on any atom is -0.295 e. The smallest absolute Gasteiger partial charge is 0.245 e. The lowest BCUT2D eigenvalue weighted by atomic mass is 9.96. The van der Waals surface area contributed by atoms with E-state index in [-0.39, 0.29) is 16.1 Å². The van der Waals surface area contributed by atoms with Crippen LogP contribution in [0.1, 0.15) is 37.1 Å². The summed E-state index contributed by atoms with van der Waals surface area (Å²) in [4.78, 5) is 2.43. The molecule has 1 aromatic heterocycles. The summed E-state index contributed by atoms with van der Waals surface area (Å²) in [5.41, 5.74) is 1.52. The van der Waals surface area contributed by atoms with E-state index in [1.807, 2.05) is 18.2 Å². The third-order valence-electron chi connectivity index (χ3n) is 5.28. The molecule has 2 aromatic rings. The predicted molar refractivity (Wildman–Crippen MR) is 107 cm³/mol. The Balaban J connectivity index is 1.82. The molecule has 1 atom stereocenters. The van der Waals surface area contributed by atoms with Gasteiger partial charge >= 0.3 is 0 Å². The molecule has 2 heterocycles. The van der Waals surface area contributed by atoms with Crippen LogP contribution in [0.5, 0.6) is 0 Å². The van der Waals surface area contributed by atoms with Crippen molar-refractivity contribution in [3.8, 4) is 0 Å². The zero-order chi connectivity index (χ0) is 19.6. The second-order valence-corrected chi connectivity index (χ2v) is 9.39. The summed E-state index contributed by atoms with van der Waals surface area (Å²) in [6.45, 7) is 6.15. The second kappa shape index (κ2) is 8.31. The van der Waals surface area contributed by atoms with Crippen molar-refractivity contribution in [2.75, 3.05) is 19.6 Å². The summed E-state index contributed by atoms with van der Waals surface area (Å²) < 4.78 is 29.9. The first kappa shape index (κ1) is 20.3. The van der Waals surface area contributed by atoms with Crippen LogP contribution in [0.4, 0.5) is 0 Å². The van der Waals surface area contributed by atoms with Gasteiger partial charge in [0.25, 0.3) is 0 Å². The zero-order valence-corrected chi connectivity index (χ0v) is 17.6. The van der Waals surface area contributed by atoms with Crippen LogP contribution in [0.15, 0.2) is 35.2 Å². The summed E-state index contributed by atoms with van der Waals surface area (Å²) in [7, 11) is -2.11. The Bertz CT molecular complexity index is 875. The summed E-state index contributed by atoms with van der Waals surface area (Å²) >= 11 is 6.17. The lowest BCUT2D eigenvalue weighted by Gasteiger charge is -2.37. The molecule has 8 heteroatoms. The van der Waals surface area contributed by atoms with Crippen LogP contribution < -0.4 is 4.72 Å². The Morgan fingerprint density at radius 3 is 2.44 bits per heavy atom. The van der Waals surface area contributed by atoms with Crippen molar-refractivity contribution in [2.45, 2.75) is 37.6 Å². The summed E-state index contributed by atoms with van der Waals surface area (Å²) in [5.74, 6) is 0.714. The maximum Gasteiger partial charge on any atom is 0.245 e. The number of likely N-dealkylation sites (tertiary alicyclic amines) is 1. The fourth-order valence-electron chi connectivity index (χ4n) is 3.65. The molecule has 0 radical (unpaired) electrons. The Morgan fingerprint density at radius 1 is 1.26 bits per heavy atom. The Hall–Kier alpha value is -1.41. The number of halogens is 1. The van der Waals surface area contributed by atoms with Gasteiger partial charge in [0.15, 0.2) is 0 Å². The topological polar surface area (TPSA) is 67.2 Å². The monoisotopic (exact) mass is 410 g/mol. The molecule has 27 heavy (non-hydrogen) atoms. The number of benzene rings is 1. The normalized spacial score (nSPS) is 17.9. The highest BCUT2D eigenvalue weighted by molar-refractivity contribution is 7.89. The summed E-state index contributed by atoms with van der Waals surface area (Å²) in [6, 6.07) is 10.1. The first-order chi connectivity index (χ1) is 12.8. The van der Waals surface area contributed by atoms with Gasteiger partial charge in [-0.1, -0.05) is 48.9 Å². The van der Waals surface area contributed by atoms with Gasteiger partial charge in [-0.3, -0.25) is 9.58 Å². The molecule has 1 aliphatic heterocycles. The van der Waals surface area contributed by atoms with E-state index in [0.717, 1.165) is 31.5 Å². The summed E-state index contributed by atoms with van der Waals surface area (Å²) in [6.07, 6.45) is 2.26. The van der Waals surface area contributed by atoms with Crippen molar-refractivity contribution < 1.29 is 8.42 Å². The number of rotatable bonds is 6.